The summed E-state index contributed by atoms with van der Waals surface area (Å²) in [5.74, 6) is -0.0483. The van der Waals surface area contributed by atoms with Crippen molar-refractivity contribution in [3.63, 3.8) is 0 Å². The Labute approximate surface area is 147 Å². The molecule has 130 valence electrons. The van der Waals surface area contributed by atoms with Gasteiger partial charge in [-0.05, 0) is 53.1 Å². The molecular formula is C21H24N2O2. The number of nitrogens with one attached hydrogen (secondary N) is 2. The Bertz CT molecular complexity index is 836. The summed E-state index contributed by atoms with van der Waals surface area (Å²) in [6, 6.07) is 15.9. The largest absolute Gasteiger partial charge is 0.394 e. The van der Waals surface area contributed by atoms with Crippen molar-refractivity contribution in [2.24, 2.45) is 0 Å². The predicted molar refractivity (Wildman–Crippen MR) is 100 cm³/mol. The van der Waals surface area contributed by atoms with E-state index >= 15 is 0 Å². The molecule has 1 heterocycles. The molecule has 0 spiro atoms. The van der Waals surface area contributed by atoms with E-state index in [4.69, 9.17) is 0 Å². The quantitative estimate of drug-likeness (QED) is 0.618. The van der Waals surface area contributed by atoms with Gasteiger partial charge in [0.2, 0.25) is 5.91 Å². The van der Waals surface area contributed by atoms with Crippen LogP contribution in [0.1, 0.15) is 36.1 Å². The molecule has 0 saturated heterocycles. The third-order valence-electron chi connectivity index (χ3n) is 4.57. The molecular weight excluding hydrogens is 312 g/mol. The molecule has 4 heteroatoms. The number of carbonyl (C=O) groups excluding carboxylic acids is 1. The average Bonchev–Trinajstić information content (AvgIpc) is 3.12. The number of amides is 1. The van der Waals surface area contributed by atoms with Crippen LogP contribution in [0.15, 0.2) is 54.7 Å². The molecule has 1 amide bonds. The number of rotatable bonds is 7. The Balaban J connectivity index is 1.57. The fraction of sp³-hybridized carbons (Fsp3) is 0.286. The summed E-state index contributed by atoms with van der Waals surface area (Å²) in [5, 5.41) is 13.7. The Morgan fingerprint density at radius 3 is 2.60 bits per heavy atom. The van der Waals surface area contributed by atoms with E-state index in [1.165, 1.54) is 5.56 Å². The zero-order valence-corrected chi connectivity index (χ0v) is 14.5. The van der Waals surface area contributed by atoms with Gasteiger partial charge in [0, 0.05) is 18.1 Å². The first-order valence-corrected chi connectivity index (χ1v) is 8.74. The number of aliphatic hydroxyl groups is 1. The van der Waals surface area contributed by atoms with Crippen LogP contribution in [-0.4, -0.2) is 22.6 Å². The van der Waals surface area contributed by atoms with Gasteiger partial charge in [0.05, 0.1) is 12.6 Å². The molecule has 1 atom stereocenters. The minimum atomic E-state index is -0.356. The van der Waals surface area contributed by atoms with Crippen LogP contribution in [0.4, 0.5) is 0 Å². The Kier molecular flexibility index (Phi) is 5.51. The number of fused-ring (bicyclic) bond motifs is 1. The van der Waals surface area contributed by atoms with Gasteiger partial charge in [-0.1, -0.05) is 37.3 Å². The maximum Gasteiger partial charge on any atom is 0.220 e. The van der Waals surface area contributed by atoms with Crippen molar-refractivity contribution in [2.75, 3.05) is 6.61 Å². The standard InChI is InChI=1S/C21H24N2O2/c1-2-15-3-7-17(8-4-15)20(14-24)23-21(25)10-6-16-5-9-19-18(13-16)11-12-22-19/h3-5,7-9,11-13,20,22,24H,2,6,10,14H2,1H3,(H,23,25). The fourth-order valence-electron chi connectivity index (χ4n) is 3.00. The van der Waals surface area contributed by atoms with Crippen molar-refractivity contribution in [3.8, 4) is 0 Å². The maximum absolute atomic E-state index is 12.3. The monoisotopic (exact) mass is 336 g/mol. The maximum atomic E-state index is 12.3. The summed E-state index contributed by atoms with van der Waals surface area (Å²) in [5.41, 5.74) is 4.41. The van der Waals surface area contributed by atoms with E-state index in [1.807, 2.05) is 48.7 Å². The van der Waals surface area contributed by atoms with E-state index in [9.17, 15) is 9.90 Å². The van der Waals surface area contributed by atoms with Crippen molar-refractivity contribution < 1.29 is 9.90 Å². The van der Waals surface area contributed by atoms with E-state index in [0.717, 1.165) is 28.5 Å². The highest BCUT2D eigenvalue weighted by atomic mass is 16.3. The van der Waals surface area contributed by atoms with Crippen LogP contribution in [-0.2, 0) is 17.6 Å². The van der Waals surface area contributed by atoms with Gasteiger partial charge in [-0.2, -0.15) is 0 Å². The number of hydrogen-bond acceptors (Lipinski definition) is 2. The second-order valence-electron chi connectivity index (χ2n) is 6.30. The second-order valence-corrected chi connectivity index (χ2v) is 6.30. The lowest BCUT2D eigenvalue weighted by atomic mass is 10.0. The Morgan fingerprint density at radius 2 is 1.88 bits per heavy atom. The van der Waals surface area contributed by atoms with Crippen molar-refractivity contribution in [2.45, 2.75) is 32.2 Å². The van der Waals surface area contributed by atoms with Gasteiger partial charge in [-0.3, -0.25) is 4.79 Å². The molecule has 0 bridgehead atoms. The smallest absolute Gasteiger partial charge is 0.220 e. The van der Waals surface area contributed by atoms with Crippen LogP contribution in [0, 0.1) is 0 Å². The van der Waals surface area contributed by atoms with Gasteiger partial charge >= 0.3 is 0 Å². The number of aryl methyl sites for hydroxylation is 2. The molecule has 3 rings (SSSR count). The molecule has 25 heavy (non-hydrogen) atoms. The zero-order chi connectivity index (χ0) is 17.6. The summed E-state index contributed by atoms with van der Waals surface area (Å²) in [4.78, 5) is 15.4. The predicted octanol–water partition coefficient (Wildman–Crippen LogP) is 3.51. The summed E-state index contributed by atoms with van der Waals surface area (Å²) in [7, 11) is 0. The summed E-state index contributed by atoms with van der Waals surface area (Å²) < 4.78 is 0. The minimum Gasteiger partial charge on any atom is -0.394 e. The highest BCUT2D eigenvalue weighted by Gasteiger charge is 2.13. The first-order chi connectivity index (χ1) is 12.2. The number of aromatic amines is 1. The van der Waals surface area contributed by atoms with E-state index in [0.29, 0.717) is 12.8 Å². The third-order valence-corrected chi connectivity index (χ3v) is 4.57. The van der Waals surface area contributed by atoms with Crippen molar-refractivity contribution in [3.05, 3.63) is 71.4 Å². The van der Waals surface area contributed by atoms with Gasteiger partial charge < -0.3 is 15.4 Å². The van der Waals surface area contributed by atoms with Gasteiger partial charge in [0.15, 0.2) is 0 Å². The number of aromatic nitrogens is 1. The van der Waals surface area contributed by atoms with Crippen molar-refractivity contribution in [1.29, 1.82) is 0 Å². The average molecular weight is 336 g/mol. The zero-order valence-electron chi connectivity index (χ0n) is 14.5. The van der Waals surface area contributed by atoms with Gasteiger partial charge in [0.1, 0.15) is 0 Å². The van der Waals surface area contributed by atoms with E-state index in [2.05, 4.69) is 23.3 Å². The van der Waals surface area contributed by atoms with Crippen LogP contribution in [0.25, 0.3) is 10.9 Å². The van der Waals surface area contributed by atoms with Crippen LogP contribution < -0.4 is 5.32 Å². The van der Waals surface area contributed by atoms with Crippen LogP contribution >= 0.6 is 0 Å². The number of carbonyl (C=O) groups is 1. The first-order valence-electron chi connectivity index (χ1n) is 8.74. The van der Waals surface area contributed by atoms with Gasteiger partial charge in [-0.15, -0.1) is 0 Å². The summed E-state index contributed by atoms with van der Waals surface area (Å²) in [6.45, 7) is 2.00. The Morgan fingerprint density at radius 1 is 1.12 bits per heavy atom. The molecule has 1 unspecified atom stereocenters. The van der Waals surface area contributed by atoms with Crippen molar-refractivity contribution in [1.82, 2.24) is 10.3 Å². The molecule has 1 aromatic heterocycles. The highest BCUT2D eigenvalue weighted by Crippen LogP contribution is 2.17. The third kappa shape index (κ3) is 4.28. The van der Waals surface area contributed by atoms with Gasteiger partial charge in [-0.25, -0.2) is 0 Å². The molecule has 0 saturated carbocycles. The molecule has 2 aromatic carbocycles. The molecule has 0 aliphatic heterocycles. The number of H-pyrrole nitrogens is 1. The molecule has 0 fully saturated rings. The lowest BCUT2D eigenvalue weighted by Crippen LogP contribution is -2.30. The number of aliphatic hydroxyl groups excluding tert-OH is 1. The normalized spacial score (nSPS) is 12.2. The van der Waals surface area contributed by atoms with Gasteiger partial charge in [0.25, 0.3) is 0 Å². The topological polar surface area (TPSA) is 65.1 Å². The lowest BCUT2D eigenvalue weighted by Gasteiger charge is -2.17. The lowest BCUT2D eigenvalue weighted by molar-refractivity contribution is -0.122. The van der Waals surface area contributed by atoms with E-state index in [1.54, 1.807) is 0 Å². The molecule has 0 aliphatic carbocycles. The number of hydrogen-bond donors (Lipinski definition) is 3. The summed E-state index contributed by atoms with van der Waals surface area (Å²) >= 11 is 0. The fourth-order valence-corrected chi connectivity index (χ4v) is 3.00. The molecule has 0 aliphatic rings. The van der Waals surface area contributed by atoms with E-state index in [-0.39, 0.29) is 18.6 Å². The second kappa shape index (κ2) is 7.99. The SMILES string of the molecule is CCc1ccc(C(CO)NC(=O)CCc2ccc3[nH]ccc3c2)cc1. The Hall–Kier alpha value is -2.59. The molecule has 0 radical (unpaired) electrons. The minimum absolute atomic E-state index is 0.0483. The molecule has 3 aromatic rings. The van der Waals surface area contributed by atoms with Crippen molar-refractivity contribution >= 4 is 16.8 Å². The summed E-state index contributed by atoms with van der Waals surface area (Å²) in [6.07, 6.45) is 3.97. The first kappa shape index (κ1) is 17.2. The highest BCUT2D eigenvalue weighted by molar-refractivity contribution is 5.80. The van der Waals surface area contributed by atoms with Crippen LogP contribution in [0.3, 0.4) is 0 Å². The molecule has 3 N–H and O–H groups in total. The van der Waals surface area contributed by atoms with E-state index < -0.39 is 0 Å². The van der Waals surface area contributed by atoms with Crippen LogP contribution in [0.5, 0.6) is 0 Å². The molecule has 4 nitrogen and oxygen atoms in total. The number of benzene rings is 2. The van der Waals surface area contributed by atoms with Crippen LogP contribution in [0.2, 0.25) is 0 Å².